The summed E-state index contributed by atoms with van der Waals surface area (Å²) >= 11 is 4.66. The Labute approximate surface area is 432 Å². The third kappa shape index (κ3) is 16.8. The van der Waals surface area contributed by atoms with E-state index >= 15 is 0 Å². The largest absolute Gasteiger partial charge is 0.461 e. The van der Waals surface area contributed by atoms with Crippen LogP contribution in [-0.2, 0) is 38.0 Å². The lowest BCUT2D eigenvalue weighted by molar-refractivity contribution is -0.143. The summed E-state index contributed by atoms with van der Waals surface area (Å²) < 4.78 is 32.0. The monoisotopic (exact) mass is 1030 g/mol. The molecule has 72 heavy (non-hydrogen) atoms. The van der Waals surface area contributed by atoms with Crippen LogP contribution in [0.4, 0.5) is 0 Å². The average molecular weight is 1030 g/mol. The number of hydrogen-bond donors (Lipinski definition) is 0. The van der Waals surface area contributed by atoms with Gasteiger partial charge in [-0.2, -0.15) is 0 Å². The molecule has 0 amide bonds. The zero-order chi connectivity index (χ0) is 50.7. The van der Waals surface area contributed by atoms with E-state index in [2.05, 4.69) is 0 Å². The quantitative estimate of drug-likeness (QED) is 0.0749. The Bertz CT molecular complexity index is 2740. The minimum Gasteiger partial charge on any atom is -0.461 e. The Balaban J connectivity index is 0.000000159. The maximum atomic E-state index is 12.2. The highest BCUT2D eigenvalue weighted by atomic mass is 32.2. The van der Waals surface area contributed by atoms with Gasteiger partial charge in [0.25, 0.3) is 0 Å². The Morgan fingerprint density at radius 1 is 0.375 bits per heavy atom. The van der Waals surface area contributed by atoms with E-state index in [-0.39, 0.29) is 67.9 Å². The molecule has 3 unspecified atom stereocenters. The number of fused-ring (bicyclic) bond motifs is 1. The van der Waals surface area contributed by atoms with Crippen LogP contribution in [0.3, 0.4) is 0 Å². The molecule has 0 saturated carbocycles. The van der Waals surface area contributed by atoms with E-state index in [9.17, 15) is 28.8 Å². The van der Waals surface area contributed by atoms with Crippen LogP contribution in [0.5, 0.6) is 0 Å². The topological polar surface area (TPSA) is 158 Å². The van der Waals surface area contributed by atoms with Crippen LogP contribution in [0, 0.1) is 0 Å². The highest BCUT2D eigenvalue weighted by molar-refractivity contribution is 8.01. The molecule has 3 saturated heterocycles. The lowest BCUT2D eigenvalue weighted by Gasteiger charge is -2.13. The van der Waals surface area contributed by atoms with Gasteiger partial charge in [-0.1, -0.05) is 109 Å². The summed E-state index contributed by atoms with van der Waals surface area (Å²) in [7, 11) is 0. The minimum atomic E-state index is -0.323. The second kappa shape index (κ2) is 27.3. The van der Waals surface area contributed by atoms with Crippen molar-refractivity contribution in [3.8, 4) is 11.1 Å². The van der Waals surface area contributed by atoms with Crippen LogP contribution in [0.15, 0.2) is 158 Å². The first-order valence-corrected chi connectivity index (χ1v) is 26.6. The van der Waals surface area contributed by atoms with E-state index in [4.69, 9.17) is 28.4 Å². The molecule has 12 nitrogen and oxygen atoms in total. The smallest absolute Gasteiger partial charge is 0.339 e. The Morgan fingerprint density at radius 2 is 0.736 bits per heavy atom. The van der Waals surface area contributed by atoms with Crippen LogP contribution in [0.25, 0.3) is 21.9 Å². The van der Waals surface area contributed by atoms with Gasteiger partial charge in [0.15, 0.2) is 0 Å². The Hall–Kier alpha value is -6.55. The molecule has 3 fully saturated rings. The van der Waals surface area contributed by atoms with Crippen LogP contribution in [0.2, 0.25) is 0 Å². The van der Waals surface area contributed by atoms with Crippen molar-refractivity contribution in [1.82, 2.24) is 0 Å². The van der Waals surface area contributed by atoms with Gasteiger partial charge in [0.05, 0.1) is 22.3 Å². The van der Waals surface area contributed by atoms with Gasteiger partial charge in [0, 0.05) is 29.6 Å². The van der Waals surface area contributed by atoms with Crippen molar-refractivity contribution in [3.63, 3.8) is 0 Å². The van der Waals surface area contributed by atoms with E-state index in [0.717, 1.165) is 60.4 Å². The minimum absolute atomic E-state index is 0.114. The number of benzene rings is 6. The summed E-state index contributed by atoms with van der Waals surface area (Å²) in [6, 6.07) is 48.8. The zero-order valence-electron chi connectivity index (χ0n) is 40.0. The molecule has 3 aliphatic heterocycles. The molecule has 0 aliphatic carbocycles. The number of thioether (sulfide) groups is 3. The van der Waals surface area contributed by atoms with Crippen LogP contribution in [-0.4, -0.2) is 87.7 Å². The van der Waals surface area contributed by atoms with E-state index in [1.807, 2.05) is 103 Å². The molecule has 0 bridgehead atoms. The lowest BCUT2D eigenvalue weighted by Crippen LogP contribution is -2.15. The van der Waals surface area contributed by atoms with Crippen molar-refractivity contribution in [2.45, 2.75) is 84.4 Å². The fourth-order valence-electron chi connectivity index (χ4n) is 7.85. The van der Waals surface area contributed by atoms with Gasteiger partial charge >= 0.3 is 35.8 Å². The maximum absolute atomic E-state index is 12.2. The zero-order valence-corrected chi connectivity index (χ0v) is 42.4. The fraction of sp³-hybridized carbons (Fsp3) is 0.298. The van der Waals surface area contributed by atoms with Crippen molar-refractivity contribution in [2.75, 3.05) is 19.8 Å². The third-order valence-electron chi connectivity index (χ3n) is 11.5. The molecule has 6 aromatic rings. The van der Waals surface area contributed by atoms with Gasteiger partial charge < -0.3 is 28.4 Å². The van der Waals surface area contributed by atoms with E-state index < -0.39 is 0 Å². The van der Waals surface area contributed by atoms with Gasteiger partial charge in [-0.25, -0.2) is 19.2 Å². The number of esters is 6. The van der Waals surface area contributed by atoms with E-state index in [1.165, 1.54) is 13.8 Å². The second-order valence-electron chi connectivity index (χ2n) is 17.0. The highest BCUT2D eigenvalue weighted by Crippen LogP contribution is 2.37. The Kier molecular flexibility index (Phi) is 20.2. The molecule has 0 radical (unpaired) electrons. The molecule has 0 aromatic heterocycles. The summed E-state index contributed by atoms with van der Waals surface area (Å²) in [5, 5.41) is 2.64. The summed E-state index contributed by atoms with van der Waals surface area (Å²) in [5.74, 6) is -1.80. The molecule has 374 valence electrons. The molecule has 0 N–H and O–H groups in total. The Morgan fingerprint density at radius 3 is 1.21 bits per heavy atom. The summed E-state index contributed by atoms with van der Waals surface area (Å²) in [6.45, 7) is 3.83. The van der Waals surface area contributed by atoms with Crippen molar-refractivity contribution in [3.05, 3.63) is 180 Å². The summed E-state index contributed by atoms with van der Waals surface area (Å²) in [5.41, 5.74) is 3.96. The van der Waals surface area contributed by atoms with Gasteiger partial charge in [-0.3, -0.25) is 9.59 Å². The van der Waals surface area contributed by atoms with Crippen LogP contribution < -0.4 is 0 Å². The number of ether oxygens (including phenoxy) is 6. The standard InChI is InChI=1S/C20H20O4S.C19H18O4S.C18H18O4S/c1-14(21)24-19-12-11-18(25-19)13-23-20(22)17-9-7-16(8-10-17)15-5-3-2-4-6-15;20-18(14-7-3-1-4-8-14)22-13-16-11-12-17(24-16)23-19(21)15-9-5-2-6-10-15;1-12(19)22-17-9-8-16(23-17)11-21-18(20)15-7-6-13-4-2-3-5-14(13)10-15/h2-10,18-19H,11-13H2,1H3;1-10,16-17H,11-13H2;2-7,10,16-17H,8-9,11H2,1H3/t18-,19?;2*16-,17?/m000/s1. The predicted molar refractivity (Wildman–Crippen MR) is 282 cm³/mol. The third-order valence-corrected chi connectivity index (χ3v) is 15.6. The second-order valence-corrected chi connectivity index (χ2v) is 21.3. The molecule has 0 spiro atoms. The SMILES string of the molecule is CC(=O)OC1CC[C@@H](COC(=O)c2ccc(-c3ccccc3)cc2)S1.CC(=O)OC1CC[C@@H](COC(=O)c2ccc3ccccc3c2)S1.O=C(OC[C@@H]1CCC(OC(=O)c2ccccc2)S1)c1ccccc1. The predicted octanol–water partition coefficient (Wildman–Crippen LogP) is 12.0. The molecule has 3 heterocycles. The number of rotatable bonds is 14. The molecular weight excluding hydrogens is 973 g/mol. The first kappa shape index (κ1) is 53.3. The molecule has 6 aromatic carbocycles. The first-order valence-electron chi connectivity index (χ1n) is 23.7. The van der Waals surface area contributed by atoms with Crippen LogP contribution >= 0.6 is 35.3 Å². The normalized spacial score (nSPS) is 19.8. The number of hydrogen-bond acceptors (Lipinski definition) is 15. The lowest BCUT2D eigenvalue weighted by atomic mass is 10.0. The molecule has 9 rings (SSSR count). The van der Waals surface area contributed by atoms with E-state index in [1.54, 1.807) is 89.9 Å². The first-order chi connectivity index (χ1) is 34.9. The van der Waals surface area contributed by atoms with E-state index in [0.29, 0.717) is 42.1 Å². The molecule has 6 atom stereocenters. The molecular formula is C57H56O12S3. The highest BCUT2D eigenvalue weighted by Gasteiger charge is 2.31. The van der Waals surface area contributed by atoms with Gasteiger partial charge in [-0.15, -0.1) is 35.3 Å². The molecule has 15 heteroatoms. The fourth-order valence-corrected chi connectivity index (χ4v) is 11.7. The van der Waals surface area contributed by atoms with Gasteiger partial charge in [0.2, 0.25) is 0 Å². The van der Waals surface area contributed by atoms with Gasteiger partial charge in [0.1, 0.15) is 36.1 Å². The maximum Gasteiger partial charge on any atom is 0.339 e. The summed E-state index contributed by atoms with van der Waals surface area (Å²) in [6.07, 6.45) is 5.01. The van der Waals surface area contributed by atoms with Gasteiger partial charge in [-0.05, 0) is 109 Å². The average Bonchev–Trinajstić information content (AvgIpc) is 4.19. The number of carbonyl (C=O) groups excluding carboxylic acids is 6. The van der Waals surface area contributed by atoms with Crippen molar-refractivity contribution >= 4 is 81.9 Å². The van der Waals surface area contributed by atoms with Crippen molar-refractivity contribution < 1.29 is 57.2 Å². The van der Waals surface area contributed by atoms with Crippen molar-refractivity contribution in [2.24, 2.45) is 0 Å². The summed E-state index contributed by atoms with van der Waals surface area (Å²) in [4.78, 5) is 70.3. The van der Waals surface area contributed by atoms with Crippen molar-refractivity contribution in [1.29, 1.82) is 0 Å². The molecule has 3 aliphatic rings. The van der Waals surface area contributed by atoms with Crippen LogP contribution in [0.1, 0.15) is 93.8 Å². The number of carbonyl (C=O) groups is 6.